The summed E-state index contributed by atoms with van der Waals surface area (Å²) in [5.74, 6) is 1.32. The van der Waals surface area contributed by atoms with Crippen molar-refractivity contribution in [3.05, 3.63) is 24.3 Å². The van der Waals surface area contributed by atoms with Crippen molar-refractivity contribution in [1.82, 2.24) is 0 Å². The van der Waals surface area contributed by atoms with Crippen LogP contribution in [0.25, 0.3) is 0 Å². The van der Waals surface area contributed by atoms with Crippen molar-refractivity contribution in [3.63, 3.8) is 0 Å². The molecule has 4 nitrogen and oxygen atoms in total. The molecule has 0 unspecified atom stereocenters. The molecule has 2 rings (SSSR count). The molecule has 0 radical (unpaired) electrons. The largest absolute Gasteiger partial charge is 0.497 e. The Kier molecular flexibility index (Phi) is 4.30. The Morgan fingerprint density at radius 1 is 1.32 bits per heavy atom. The van der Waals surface area contributed by atoms with E-state index in [1.165, 1.54) is 25.7 Å². The van der Waals surface area contributed by atoms with Gasteiger partial charge in [-0.3, -0.25) is 4.99 Å². The summed E-state index contributed by atoms with van der Waals surface area (Å²) in [4.78, 5) is 4.47. The molecule has 0 aromatic heterocycles. The number of ether oxygens (including phenoxy) is 1. The van der Waals surface area contributed by atoms with Gasteiger partial charge in [0.15, 0.2) is 5.96 Å². The molecule has 0 atom stereocenters. The molecular formula is C15H23N3O. The molecule has 0 aliphatic heterocycles. The number of aliphatic imine (C=N–C) groups is 1. The Hall–Kier alpha value is -1.71. The van der Waals surface area contributed by atoms with Gasteiger partial charge in [0.2, 0.25) is 0 Å². The van der Waals surface area contributed by atoms with E-state index in [0.717, 1.165) is 18.0 Å². The fourth-order valence-corrected chi connectivity index (χ4v) is 2.52. The fraction of sp³-hybridized carbons (Fsp3) is 0.533. The first-order valence-electron chi connectivity index (χ1n) is 6.82. The Balaban J connectivity index is 1.90. The minimum atomic E-state index is 0.339. The molecule has 0 spiro atoms. The smallest absolute Gasteiger partial charge is 0.193 e. The highest BCUT2D eigenvalue weighted by molar-refractivity contribution is 5.92. The van der Waals surface area contributed by atoms with Gasteiger partial charge in [0, 0.05) is 12.2 Å². The first-order chi connectivity index (χ1) is 9.11. The van der Waals surface area contributed by atoms with Gasteiger partial charge in [-0.05, 0) is 42.5 Å². The first kappa shape index (κ1) is 13.7. The summed E-state index contributed by atoms with van der Waals surface area (Å²) in [6, 6.07) is 7.65. The fourth-order valence-electron chi connectivity index (χ4n) is 2.52. The Morgan fingerprint density at radius 2 is 1.95 bits per heavy atom. The van der Waals surface area contributed by atoms with Crippen LogP contribution in [0.2, 0.25) is 0 Å². The Bertz CT molecular complexity index is 433. The summed E-state index contributed by atoms with van der Waals surface area (Å²) >= 11 is 0. The van der Waals surface area contributed by atoms with E-state index >= 15 is 0 Å². The SMILES string of the molecule is COc1ccc(NC(N)=NCC2(C)CCCC2)cc1. The van der Waals surface area contributed by atoms with E-state index in [4.69, 9.17) is 10.5 Å². The summed E-state index contributed by atoms with van der Waals surface area (Å²) < 4.78 is 5.11. The second-order valence-corrected chi connectivity index (χ2v) is 5.57. The number of hydrogen-bond acceptors (Lipinski definition) is 2. The number of benzene rings is 1. The van der Waals surface area contributed by atoms with E-state index in [-0.39, 0.29) is 0 Å². The predicted molar refractivity (Wildman–Crippen MR) is 79.7 cm³/mol. The molecule has 0 saturated heterocycles. The van der Waals surface area contributed by atoms with Gasteiger partial charge < -0.3 is 15.8 Å². The maximum absolute atomic E-state index is 5.92. The van der Waals surface area contributed by atoms with Crippen LogP contribution < -0.4 is 15.8 Å². The van der Waals surface area contributed by atoms with Gasteiger partial charge >= 0.3 is 0 Å². The van der Waals surface area contributed by atoms with Crippen LogP contribution in [0.3, 0.4) is 0 Å². The highest BCUT2D eigenvalue weighted by Gasteiger charge is 2.28. The average molecular weight is 261 g/mol. The molecule has 1 aromatic rings. The number of rotatable bonds is 4. The summed E-state index contributed by atoms with van der Waals surface area (Å²) in [6.07, 6.45) is 5.15. The van der Waals surface area contributed by atoms with E-state index in [2.05, 4.69) is 17.2 Å². The molecule has 19 heavy (non-hydrogen) atoms. The predicted octanol–water partition coefficient (Wildman–Crippen LogP) is 3.00. The molecule has 4 heteroatoms. The maximum Gasteiger partial charge on any atom is 0.193 e. The lowest BCUT2D eigenvalue weighted by atomic mass is 9.89. The number of nitrogens with two attached hydrogens (primary N) is 1. The number of hydrogen-bond donors (Lipinski definition) is 2. The van der Waals surface area contributed by atoms with Crippen LogP contribution in [-0.4, -0.2) is 19.6 Å². The third kappa shape index (κ3) is 3.88. The molecule has 0 heterocycles. The van der Waals surface area contributed by atoms with Gasteiger partial charge in [0.25, 0.3) is 0 Å². The van der Waals surface area contributed by atoms with Crippen LogP contribution in [0.5, 0.6) is 5.75 Å². The monoisotopic (exact) mass is 261 g/mol. The van der Waals surface area contributed by atoms with E-state index in [0.29, 0.717) is 11.4 Å². The first-order valence-corrected chi connectivity index (χ1v) is 6.82. The van der Waals surface area contributed by atoms with Crippen LogP contribution >= 0.6 is 0 Å². The molecule has 0 amide bonds. The van der Waals surface area contributed by atoms with Gasteiger partial charge in [-0.15, -0.1) is 0 Å². The normalized spacial score (nSPS) is 18.3. The second kappa shape index (κ2) is 5.95. The summed E-state index contributed by atoms with van der Waals surface area (Å²) in [5, 5.41) is 3.11. The van der Waals surface area contributed by atoms with Crippen molar-refractivity contribution in [1.29, 1.82) is 0 Å². The molecule has 1 aliphatic carbocycles. The van der Waals surface area contributed by atoms with Crippen molar-refractivity contribution >= 4 is 11.6 Å². The molecule has 1 fully saturated rings. The minimum absolute atomic E-state index is 0.339. The number of nitrogens with one attached hydrogen (secondary N) is 1. The lowest BCUT2D eigenvalue weighted by Crippen LogP contribution is -2.25. The van der Waals surface area contributed by atoms with Crippen molar-refractivity contribution in [3.8, 4) is 5.75 Å². The second-order valence-electron chi connectivity index (χ2n) is 5.57. The van der Waals surface area contributed by atoms with E-state index < -0.39 is 0 Å². The van der Waals surface area contributed by atoms with Crippen LogP contribution in [0.4, 0.5) is 5.69 Å². The summed E-state index contributed by atoms with van der Waals surface area (Å²) in [6.45, 7) is 3.10. The van der Waals surface area contributed by atoms with Crippen molar-refractivity contribution in [2.45, 2.75) is 32.6 Å². The number of anilines is 1. The van der Waals surface area contributed by atoms with E-state index in [9.17, 15) is 0 Å². The Labute approximate surface area is 115 Å². The zero-order valence-corrected chi connectivity index (χ0v) is 11.8. The van der Waals surface area contributed by atoms with Crippen LogP contribution in [0, 0.1) is 5.41 Å². The molecule has 104 valence electrons. The molecule has 1 saturated carbocycles. The quantitative estimate of drug-likeness (QED) is 0.647. The average Bonchev–Trinajstić information content (AvgIpc) is 2.85. The maximum atomic E-state index is 5.92. The van der Waals surface area contributed by atoms with Gasteiger partial charge in [-0.2, -0.15) is 0 Å². The topological polar surface area (TPSA) is 59.6 Å². The summed E-state index contributed by atoms with van der Waals surface area (Å²) in [5.41, 5.74) is 7.19. The van der Waals surface area contributed by atoms with Gasteiger partial charge in [-0.1, -0.05) is 19.8 Å². The highest BCUT2D eigenvalue weighted by Crippen LogP contribution is 2.37. The molecule has 0 bridgehead atoms. The van der Waals surface area contributed by atoms with Crippen molar-refractivity contribution in [2.75, 3.05) is 19.0 Å². The zero-order chi connectivity index (χ0) is 13.7. The van der Waals surface area contributed by atoms with Crippen LogP contribution in [-0.2, 0) is 0 Å². The van der Waals surface area contributed by atoms with Gasteiger partial charge in [0.1, 0.15) is 5.75 Å². The van der Waals surface area contributed by atoms with Gasteiger partial charge in [0.05, 0.1) is 7.11 Å². The lowest BCUT2D eigenvalue weighted by Gasteiger charge is -2.20. The number of nitrogens with zero attached hydrogens (tertiary/aromatic N) is 1. The van der Waals surface area contributed by atoms with E-state index in [1.54, 1.807) is 7.11 Å². The highest BCUT2D eigenvalue weighted by atomic mass is 16.5. The third-order valence-corrected chi connectivity index (χ3v) is 3.80. The van der Waals surface area contributed by atoms with Crippen LogP contribution in [0.1, 0.15) is 32.6 Å². The van der Waals surface area contributed by atoms with E-state index in [1.807, 2.05) is 24.3 Å². The van der Waals surface area contributed by atoms with Crippen molar-refractivity contribution < 1.29 is 4.74 Å². The lowest BCUT2D eigenvalue weighted by molar-refractivity contribution is 0.351. The summed E-state index contributed by atoms with van der Waals surface area (Å²) in [7, 11) is 1.65. The Morgan fingerprint density at radius 3 is 2.53 bits per heavy atom. The molecule has 1 aliphatic rings. The number of methoxy groups -OCH3 is 1. The molecule has 3 N–H and O–H groups in total. The van der Waals surface area contributed by atoms with Crippen molar-refractivity contribution in [2.24, 2.45) is 16.1 Å². The standard InChI is InChI=1S/C15H23N3O/c1-15(9-3-4-10-15)11-17-14(16)18-12-5-7-13(19-2)8-6-12/h5-8H,3-4,9-11H2,1-2H3,(H3,16,17,18). The zero-order valence-electron chi connectivity index (χ0n) is 11.8. The van der Waals surface area contributed by atoms with Crippen LogP contribution in [0.15, 0.2) is 29.3 Å². The molecular weight excluding hydrogens is 238 g/mol. The minimum Gasteiger partial charge on any atom is -0.497 e. The van der Waals surface area contributed by atoms with Gasteiger partial charge in [-0.25, -0.2) is 0 Å². The molecule has 1 aromatic carbocycles. The number of guanidine groups is 1. The third-order valence-electron chi connectivity index (χ3n) is 3.80.